The molecule has 0 saturated carbocycles. The maximum atomic E-state index is 14.4. The maximum absolute atomic E-state index is 14.4. The zero-order valence-electron chi connectivity index (χ0n) is 16.6. The molecule has 4 rings (SSSR count). The van der Waals surface area contributed by atoms with Crippen LogP contribution in [0.3, 0.4) is 0 Å². The second kappa shape index (κ2) is 8.65. The quantitative estimate of drug-likeness (QED) is 0.429. The number of hydrogen-bond acceptors (Lipinski definition) is 6. The molecule has 0 atom stereocenters. The Balaban J connectivity index is 1.83. The molecule has 0 saturated heterocycles. The van der Waals surface area contributed by atoms with Gasteiger partial charge in [-0.2, -0.15) is 0 Å². The third-order valence-electron chi connectivity index (χ3n) is 4.60. The first-order valence-electron chi connectivity index (χ1n) is 9.19. The minimum absolute atomic E-state index is 0.0362. The summed E-state index contributed by atoms with van der Waals surface area (Å²) in [7, 11) is 3.03. The minimum atomic E-state index is -0.939. The summed E-state index contributed by atoms with van der Waals surface area (Å²) >= 11 is 1.20. The van der Waals surface area contributed by atoms with Crippen molar-refractivity contribution in [1.82, 2.24) is 9.97 Å². The Labute approximate surface area is 180 Å². The van der Waals surface area contributed by atoms with Crippen LogP contribution >= 0.6 is 11.3 Å². The molecule has 0 N–H and O–H groups in total. The van der Waals surface area contributed by atoms with E-state index < -0.39 is 23.1 Å². The van der Waals surface area contributed by atoms with E-state index in [1.807, 2.05) is 0 Å². The van der Waals surface area contributed by atoms with E-state index in [-0.39, 0.29) is 11.7 Å². The van der Waals surface area contributed by atoms with E-state index in [2.05, 4.69) is 9.97 Å². The van der Waals surface area contributed by atoms with Crippen LogP contribution in [-0.4, -0.2) is 30.1 Å². The van der Waals surface area contributed by atoms with Crippen LogP contribution in [0.4, 0.5) is 13.9 Å². The molecular formula is C22H17F2N3O3S. The largest absolute Gasteiger partial charge is 0.493 e. The van der Waals surface area contributed by atoms with Gasteiger partial charge in [-0.1, -0.05) is 23.5 Å². The fourth-order valence-electron chi connectivity index (χ4n) is 3.10. The molecule has 0 spiro atoms. The zero-order valence-corrected chi connectivity index (χ0v) is 17.5. The number of amides is 1. The summed E-state index contributed by atoms with van der Waals surface area (Å²) in [6, 6.07) is 10.2. The highest BCUT2D eigenvalue weighted by Gasteiger charge is 2.27. The van der Waals surface area contributed by atoms with Crippen molar-refractivity contribution in [3.8, 4) is 11.5 Å². The molecule has 158 valence electrons. The van der Waals surface area contributed by atoms with E-state index in [0.29, 0.717) is 22.6 Å². The molecular weight excluding hydrogens is 424 g/mol. The number of aromatic nitrogens is 2. The molecule has 1 amide bonds. The smallest absolute Gasteiger partial charge is 0.266 e. The lowest BCUT2D eigenvalue weighted by Crippen LogP contribution is -2.32. The normalized spacial score (nSPS) is 10.8. The van der Waals surface area contributed by atoms with E-state index in [9.17, 15) is 13.6 Å². The molecule has 0 radical (unpaired) electrons. The molecule has 9 heteroatoms. The summed E-state index contributed by atoms with van der Waals surface area (Å²) in [4.78, 5) is 23.1. The van der Waals surface area contributed by atoms with Gasteiger partial charge in [0.25, 0.3) is 5.91 Å². The van der Waals surface area contributed by atoms with Crippen LogP contribution in [0.5, 0.6) is 11.5 Å². The number of pyridine rings is 1. The van der Waals surface area contributed by atoms with E-state index in [1.54, 1.807) is 36.7 Å². The zero-order chi connectivity index (χ0) is 22.0. The van der Waals surface area contributed by atoms with Crippen molar-refractivity contribution < 1.29 is 23.0 Å². The number of fused-ring (bicyclic) bond motifs is 1. The Kier molecular flexibility index (Phi) is 5.77. The van der Waals surface area contributed by atoms with Crippen molar-refractivity contribution in [3.05, 3.63) is 77.6 Å². The van der Waals surface area contributed by atoms with E-state index in [4.69, 9.17) is 9.47 Å². The van der Waals surface area contributed by atoms with Crippen molar-refractivity contribution in [2.75, 3.05) is 19.1 Å². The van der Waals surface area contributed by atoms with Crippen molar-refractivity contribution in [1.29, 1.82) is 0 Å². The van der Waals surface area contributed by atoms with Gasteiger partial charge in [0.2, 0.25) is 0 Å². The van der Waals surface area contributed by atoms with Gasteiger partial charge in [-0.15, -0.1) is 0 Å². The number of carbonyl (C=O) groups excluding carboxylic acids is 1. The molecule has 2 aromatic carbocycles. The Morgan fingerprint density at radius 3 is 2.42 bits per heavy atom. The van der Waals surface area contributed by atoms with Gasteiger partial charge >= 0.3 is 0 Å². The van der Waals surface area contributed by atoms with Crippen LogP contribution in [0.25, 0.3) is 10.2 Å². The SMILES string of the molecule is COc1cc2nc(N(Cc3cccnc3)C(=O)c3c(F)cccc3F)sc2cc1OC. The molecule has 0 fully saturated rings. The Bertz CT molecular complexity index is 1190. The first-order valence-corrected chi connectivity index (χ1v) is 10.0. The van der Waals surface area contributed by atoms with Crippen molar-refractivity contribution in [3.63, 3.8) is 0 Å². The topological polar surface area (TPSA) is 64.5 Å². The van der Waals surface area contributed by atoms with E-state index >= 15 is 0 Å². The first kappa shape index (κ1) is 20.7. The van der Waals surface area contributed by atoms with Crippen LogP contribution in [0, 0.1) is 11.6 Å². The number of benzene rings is 2. The van der Waals surface area contributed by atoms with E-state index in [1.165, 1.54) is 36.5 Å². The fourth-order valence-corrected chi connectivity index (χ4v) is 4.07. The number of halogens is 2. The summed E-state index contributed by atoms with van der Waals surface area (Å²) in [5, 5.41) is 0.279. The highest BCUT2D eigenvalue weighted by atomic mass is 32.1. The molecule has 0 aliphatic heterocycles. The van der Waals surface area contributed by atoms with Gasteiger partial charge in [0.05, 0.1) is 31.0 Å². The summed E-state index contributed by atoms with van der Waals surface area (Å²) in [6.07, 6.45) is 3.18. The second-order valence-corrected chi connectivity index (χ2v) is 7.53. The van der Waals surface area contributed by atoms with Crippen LogP contribution < -0.4 is 14.4 Å². The lowest BCUT2D eigenvalue weighted by Gasteiger charge is -2.20. The number of nitrogens with zero attached hydrogens (tertiary/aromatic N) is 3. The number of anilines is 1. The third kappa shape index (κ3) is 4.04. The Hall–Kier alpha value is -3.59. The van der Waals surface area contributed by atoms with Gasteiger partial charge in [-0.25, -0.2) is 13.8 Å². The monoisotopic (exact) mass is 441 g/mol. The number of rotatable bonds is 6. The van der Waals surface area contributed by atoms with Crippen LogP contribution in [0.2, 0.25) is 0 Å². The van der Waals surface area contributed by atoms with Gasteiger partial charge < -0.3 is 9.47 Å². The summed E-state index contributed by atoms with van der Waals surface area (Å²) in [6.45, 7) is 0.0362. The summed E-state index contributed by atoms with van der Waals surface area (Å²) in [5.41, 5.74) is 0.610. The molecule has 0 aliphatic rings. The summed E-state index contributed by atoms with van der Waals surface area (Å²) in [5.74, 6) is -1.72. The highest BCUT2D eigenvalue weighted by Crippen LogP contribution is 2.38. The van der Waals surface area contributed by atoms with E-state index in [0.717, 1.165) is 16.8 Å². The number of methoxy groups -OCH3 is 2. The van der Waals surface area contributed by atoms with Crippen LogP contribution in [0.1, 0.15) is 15.9 Å². The predicted octanol–water partition coefficient (Wildman–Crippen LogP) is 4.83. The molecule has 0 unspecified atom stereocenters. The molecule has 2 aromatic heterocycles. The van der Waals surface area contributed by atoms with Crippen molar-refractivity contribution in [2.45, 2.75) is 6.54 Å². The molecule has 6 nitrogen and oxygen atoms in total. The van der Waals surface area contributed by atoms with Gasteiger partial charge in [0.15, 0.2) is 16.6 Å². The Morgan fingerprint density at radius 2 is 1.77 bits per heavy atom. The molecule has 4 aromatic rings. The van der Waals surface area contributed by atoms with Crippen molar-refractivity contribution in [2.24, 2.45) is 0 Å². The lowest BCUT2D eigenvalue weighted by molar-refractivity contribution is 0.0977. The number of thiazole rings is 1. The number of carbonyl (C=O) groups is 1. The number of hydrogen-bond donors (Lipinski definition) is 0. The number of ether oxygens (including phenoxy) is 2. The van der Waals surface area contributed by atoms with Gasteiger partial charge in [-0.3, -0.25) is 14.7 Å². The van der Waals surface area contributed by atoms with Gasteiger partial charge in [0.1, 0.15) is 17.2 Å². The summed E-state index contributed by atoms with van der Waals surface area (Å²) < 4.78 is 40.1. The minimum Gasteiger partial charge on any atom is -0.493 e. The van der Waals surface area contributed by atoms with Crippen LogP contribution in [-0.2, 0) is 6.54 Å². The predicted molar refractivity (Wildman–Crippen MR) is 114 cm³/mol. The lowest BCUT2D eigenvalue weighted by atomic mass is 10.1. The Morgan fingerprint density at radius 1 is 1.06 bits per heavy atom. The first-order chi connectivity index (χ1) is 15.0. The second-order valence-electron chi connectivity index (χ2n) is 6.52. The van der Waals surface area contributed by atoms with Gasteiger partial charge in [-0.05, 0) is 23.8 Å². The molecule has 0 aliphatic carbocycles. The molecule has 2 heterocycles. The van der Waals surface area contributed by atoms with Crippen molar-refractivity contribution >= 4 is 32.6 Å². The molecule has 0 bridgehead atoms. The standard InChI is InChI=1S/C22H17F2N3O3S/c1-29-17-9-16-19(10-18(17)30-2)31-22(26-16)27(12-13-5-4-8-25-11-13)21(28)20-14(23)6-3-7-15(20)24/h3-11H,12H2,1-2H3. The average Bonchev–Trinajstić information content (AvgIpc) is 3.19. The fraction of sp³-hybridized carbons (Fsp3) is 0.136. The van der Waals surface area contributed by atoms with Gasteiger partial charge in [0, 0.05) is 24.5 Å². The maximum Gasteiger partial charge on any atom is 0.266 e. The third-order valence-corrected chi connectivity index (χ3v) is 5.64. The average molecular weight is 441 g/mol. The molecule has 31 heavy (non-hydrogen) atoms. The van der Waals surface area contributed by atoms with Crippen LogP contribution in [0.15, 0.2) is 54.9 Å². The highest BCUT2D eigenvalue weighted by molar-refractivity contribution is 7.22.